The average Bonchev–Trinajstić information content (AvgIpc) is 2.94. The van der Waals surface area contributed by atoms with Gasteiger partial charge in [0.1, 0.15) is 5.82 Å². The van der Waals surface area contributed by atoms with Crippen molar-refractivity contribution >= 4 is 16.9 Å². The van der Waals surface area contributed by atoms with E-state index in [4.69, 9.17) is 10.7 Å². The first kappa shape index (κ1) is 17.9. The van der Waals surface area contributed by atoms with Gasteiger partial charge >= 0.3 is 0 Å². The highest BCUT2D eigenvalue weighted by Crippen LogP contribution is 2.32. The number of benzene rings is 1. The van der Waals surface area contributed by atoms with Crippen LogP contribution in [0.4, 0.5) is 0 Å². The number of hydrogen-bond acceptors (Lipinski definition) is 3. The van der Waals surface area contributed by atoms with E-state index in [1.165, 1.54) is 0 Å². The summed E-state index contributed by atoms with van der Waals surface area (Å²) in [5.74, 6) is 0.833. The molecular weight excluding hydrogens is 312 g/mol. The minimum Gasteiger partial charge on any atom is -0.346 e. The summed E-state index contributed by atoms with van der Waals surface area (Å²) in [6.07, 6.45) is 3.95. The van der Waals surface area contributed by atoms with Crippen molar-refractivity contribution in [1.82, 2.24) is 14.9 Å². The summed E-state index contributed by atoms with van der Waals surface area (Å²) < 4.78 is 2.21. The third kappa shape index (κ3) is 3.43. The highest BCUT2D eigenvalue weighted by Gasteiger charge is 2.38. The van der Waals surface area contributed by atoms with E-state index in [0.29, 0.717) is 0 Å². The van der Waals surface area contributed by atoms with Gasteiger partial charge in [-0.15, -0.1) is 0 Å². The number of aromatic nitrogens is 2. The Kier molecular flexibility index (Phi) is 4.87. The van der Waals surface area contributed by atoms with Crippen molar-refractivity contribution in [2.45, 2.75) is 71.0 Å². The molecule has 1 heterocycles. The fourth-order valence-corrected chi connectivity index (χ4v) is 4.08. The zero-order chi connectivity index (χ0) is 18.2. The number of carbonyl (C=O) groups is 1. The highest BCUT2D eigenvalue weighted by atomic mass is 16.2. The van der Waals surface area contributed by atoms with Crippen molar-refractivity contribution in [2.75, 3.05) is 0 Å². The highest BCUT2D eigenvalue weighted by molar-refractivity contribution is 5.81. The quantitative estimate of drug-likeness (QED) is 0.890. The molecule has 0 bridgehead atoms. The number of nitrogens with zero attached hydrogens (tertiary/aromatic N) is 2. The Morgan fingerprint density at radius 3 is 2.72 bits per heavy atom. The number of hydrogen-bond donors (Lipinski definition) is 2. The van der Waals surface area contributed by atoms with Crippen LogP contribution in [0.5, 0.6) is 0 Å². The van der Waals surface area contributed by atoms with Crippen LogP contribution in [0, 0.1) is 5.92 Å². The summed E-state index contributed by atoms with van der Waals surface area (Å²) in [6.45, 7) is 8.30. The Labute approximate surface area is 150 Å². The first-order chi connectivity index (χ1) is 11.8. The van der Waals surface area contributed by atoms with Crippen molar-refractivity contribution < 1.29 is 4.79 Å². The van der Waals surface area contributed by atoms with Gasteiger partial charge < -0.3 is 15.6 Å². The van der Waals surface area contributed by atoms with Crippen molar-refractivity contribution in [1.29, 1.82) is 0 Å². The lowest BCUT2D eigenvalue weighted by molar-refractivity contribution is -0.128. The largest absolute Gasteiger partial charge is 0.346 e. The van der Waals surface area contributed by atoms with Gasteiger partial charge in [-0.2, -0.15) is 0 Å². The molecule has 3 atom stereocenters. The molecular formula is C20H30N4O. The van der Waals surface area contributed by atoms with E-state index >= 15 is 0 Å². The molecule has 0 spiro atoms. The monoisotopic (exact) mass is 342 g/mol. The molecule has 1 saturated carbocycles. The van der Waals surface area contributed by atoms with Gasteiger partial charge in [-0.05, 0) is 52.7 Å². The van der Waals surface area contributed by atoms with Crippen LogP contribution in [-0.2, 0) is 4.79 Å². The Hall–Kier alpha value is -1.88. The number of rotatable bonds is 4. The van der Waals surface area contributed by atoms with E-state index in [0.717, 1.165) is 42.5 Å². The van der Waals surface area contributed by atoms with Gasteiger partial charge in [-0.3, -0.25) is 4.79 Å². The predicted octanol–water partition coefficient (Wildman–Crippen LogP) is 3.70. The Balaban J connectivity index is 1.86. The summed E-state index contributed by atoms with van der Waals surface area (Å²) in [5, 5.41) is 3.18. The summed E-state index contributed by atoms with van der Waals surface area (Å²) in [7, 11) is 0. The van der Waals surface area contributed by atoms with Crippen molar-refractivity contribution in [3.05, 3.63) is 30.1 Å². The normalized spacial score (nSPS) is 25.3. The van der Waals surface area contributed by atoms with Gasteiger partial charge in [0.05, 0.1) is 23.0 Å². The Bertz CT molecular complexity index is 762. The summed E-state index contributed by atoms with van der Waals surface area (Å²) >= 11 is 0. The SMILES string of the molecule is CC(NC(=O)C1CCCCC1(C)N)c1nc2ccccc2n1C(C)C. The summed E-state index contributed by atoms with van der Waals surface area (Å²) in [5.41, 5.74) is 8.05. The lowest BCUT2D eigenvalue weighted by atomic mass is 9.74. The number of nitrogens with one attached hydrogen (secondary N) is 1. The van der Waals surface area contributed by atoms with Gasteiger partial charge in [-0.1, -0.05) is 25.0 Å². The first-order valence-corrected chi connectivity index (χ1v) is 9.37. The lowest BCUT2D eigenvalue weighted by Gasteiger charge is -2.37. The van der Waals surface area contributed by atoms with Gasteiger partial charge in [0.2, 0.25) is 5.91 Å². The fraction of sp³-hybridized carbons (Fsp3) is 0.600. The number of fused-ring (bicyclic) bond motifs is 1. The molecule has 0 saturated heterocycles. The van der Waals surface area contributed by atoms with Crippen LogP contribution in [-0.4, -0.2) is 21.0 Å². The van der Waals surface area contributed by atoms with Crippen molar-refractivity contribution in [3.63, 3.8) is 0 Å². The Morgan fingerprint density at radius 1 is 1.32 bits per heavy atom. The van der Waals surface area contributed by atoms with Crippen LogP contribution >= 0.6 is 0 Å². The third-order valence-corrected chi connectivity index (χ3v) is 5.46. The maximum Gasteiger partial charge on any atom is 0.225 e. The second kappa shape index (κ2) is 6.79. The number of nitrogens with two attached hydrogens (primary N) is 1. The molecule has 1 aromatic carbocycles. The van der Waals surface area contributed by atoms with E-state index in [1.807, 2.05) is 32.0 Å². The zero-order valence-corrected chi connectivity index (χ0v) is 15.7. The first-order valence-electron chi connectivity index (χ1n) is 9.37. The summed E-state index contributed by atoms with van der Waals surface area (Å²) in [6, 6.07) is 8.24. The smallest absolute Gasteiger partial charge is 0.225 e. The minimum absolute atomic E-state index is 0.0552. The molecule has 0 aliphatic heterocycles. The van der Waals surface area contributed by atoms with E-state index in [2.05, 4.69) is 29.8 Å². The van der Waals surface area contributed by atoms with Gasteiger partial charge in [-0.25, -0.2) is 4.98 Å². The molecule has 3 N–H and O–H groups in total. The topological polar surface area (TPSA) is 72.9 Å². The van der Waals surface area contributed by atoms with Crippen LogP contribution < -0.4 is 11.1 Å². The Morgan fingerprint density at radius 2 is 2.04 bits per heavy atom. The number of para-hydroxylation sites is 2. The lowest BCUT2D eigenvalue weighted by Crippen LogP contribution is -2.53. The molecule has 1 fully saturated rings. The second-order valence-electron chi connectivity index (χ2n) is 7.96. The van der Waals surface area contributed by atoms with E-state index in [-0.39, 0.29) is 23.9 Å². The second-order valence-corrected chi connectivity index (χ2v) is 7.96. The van der Waals surface area contributed by atoms with Gasteiger partial charge in [0.15, 0.2) is 0 Å². The number of carbonyl (C=O) groups excluding carboxylic acids is 1. The van der Waals surface area contributed by atoms with Gasteiger partial charge in [0.25, 0.3) is 0 Å². The number of imidazole rings is 1. The number of amides is 1. The van der Waals surface area contributed by atoms with Crippen LogP contribution in [0.3, 0.4) is 0 Å². The van der Waals surface area contributed by atoms with E-state index in [1.54, 1.807) is 0 Å². The molecule has 1 aliphatic rings. The average molecular weight is 342 g/mol. The third-order valence-electron chi connectivity index (χ3n) is 5.46. The summed E-state index contributed by atoms with van der Waals surface area (Å²) in [4.78, 5) is 17.7. The van der Waals surface area contributed by atoms with E-state index in [9.17, 15) is 4.79 Å². The molecule has 1 aromatic heterocycles. The minimum atomic E-state index is -0.416. The molecule has 5 nitrogen and oxygen atoms in total. The zero-order valence-electron chi connectivity index (χ0n) is 15.7. The molecule has 3 rings (SSSR count). The van der Waals surface area contributed by atoms with E-state index < -0.39 is 5.54 Å². The fourth-order valence-electron chi connectivity index (χ4n) is 4.08. The molecule has 5 heteroatoms. The maximum absolute atomic E-state index is 12.9. The molecule has 136 valence electrons. The van der Waals surface area contributed by atoms with Crippen LogP contribution in [0.15, 0.2) is 24.3 Å². The van der Waals surface area contributed by atoms with Crippen LogP contribution in [0.25, 0.3) is 11.0 Å². The molecule has 3 unspecified atom stereocenters. The molecule has 1 amide bonds. The molecule has 1 aliphatic carbocycles. The maximum atomic E-state index is 12.9. The van der Waals surface area contributed by atoms with Crippen LogP contribution in [0.2, 0.25) is 0 Å². The van der Waals surface area contributed by atoms with Crippen molar-refractivity contribution in [2.24, 2.45) is 11.7 Å². The predicted molar refractivity (Wildman–Crippen MR) is 101 cm³/mol. The molecule has 0 radical (unpaired) electrons. The van der Waals surface area contributed by atoms with Crippen molar-refractivity contribution in [3.8, 4) is 0 Å². The van der Waals surface area contributed by atoms with Crippen LogP contribution in [0.1, 0.15) is 71.3 Å². The molecule has 25 heavy (non-hydrogen) atoms. The molecule has 2 aromatic rings. The van der Waals surface area contributed by atoms with Gasteiger partial charge in [0, 0.05) is 11.6 Å². The standard InChI is InChI=1S/C20H30N4O/c1-13(2)24-17-11-6-5-10-16(17)23-18(24)14(3)22-19(25)15-9-7-8-12-20(15,4)21/h5-6,10-11,13-15H,7-9,12,21H2,1-4H3,(H,22,25).